The van der Waals surface area contributed by atoms with Crippen LogP contribution in [0.3, 0.4) is 0 Å². The van der Waals surface area contributed by atoms with Crippen LogP contribution in [0.5, 0.6) is 5.88 Å². The molecule has 0 aromatic carbocycles. The number of rotatable bonds is 4. The minimum absolute atomic E-state index is 0.00251. The van der Waals surface area contributed by atoms with E-state index in [-0.39, 0.29) is 12.7 Å². The fourth-order valence-corrected chi connectivity index (χ4v) is 1.88. The summed E-state index contributed by atoms with van der Waals surface area (Å²) in [6.45, 7) is 4.91. The van der Waals surface area contributed by atoms with Crippen molar-refractivity contribution in [3.8, 4) is 5.88 Å². The summed E-state index contributed by atoms with van der Waals surface area (Å²) in [6, 6.07) is 0.928. The number of anilines is 1. The molecule has 1 aliphatic heterocycles. The number of hydrogen-bond acceptors (Lipinski definition) is 6. The lowest BCUT2D eigenvalue weighted by Crippen LogP contribution is -2.50. The molecule has 104 valence electrons. The second kappa shape index (κ2) is 5.83. The van der Waals surface area contributed by atoms with Crippen LogP contribution in [-0.4, -0.2) is 52.9 Å². The van der Waals surface area contributed by atoms with E-state index in [9.17, 15) is 9.90 Å². The topological polar surface area (TPSA) is 84.8 Å². The van der Waals surface area contributed by atoms with Crippen molar-refractivity contribution in [3.63, 3.8) is 0 Å². The highest BCUT2D eigenvalue weighted by atomic mass is 16.5. The van der Waals surface area contributed by atoms with Crippen LogP contribution in [0.2, 0.25) is 0 Å². The van der Waals surface area contributed by atoms with E-state index in [1.54, 1.807) is 11.0 Å². The molecule has 0 spiro atoms. The van der Waals surface area contributed by atoms with Crippen LogP contribution in [0.1, 0.15) is 13.8 Å². The lowest BCUT2D eigenvalue weighted by Gasteiger charge is -2.33. The smallest absolute Gasteiger partial charge is 0.328 e. The Morgan fingerprint density at radius 2 is 2.37 bits per heavy atom. The molecule has 1 fully saturated rings. The second-order valence-corrected chi connectivity index (χ2v) is 4.50. The van der Waals surface area contributed by atoms with Crippen LogP contribution in [0.15, 0.2) is 12.4 Å². The van der Waals surface area contributed by atoms with Crippen LogP contribution in [-0.2, 0) is 9.53 Å². The van der Waals surface area contributed by atoms with Crippen molar-refractivity contribution in [1.82, 2.24) is 9.97 Å². The summed E-state index contributed by atoms with van der Waals surface area (Å²) in [7, 11) is 0. The molecule has 7 nitrogen and oxygen atoms in total. The van der Waals surface area contributed by atoms with E-state index in [0.29, 0.717) is 24.8 Å². The Bertz CT molecular complexity index is 452. The van der Waals surface area contributed by atoms with E-state index < -0.39 is 12.0 Å². The molecular weight excluding hydrogens is 250 g/mol. The van der Waals surface area contributed by atoms with Gasteiger partial charge in [-0.15, -0.1) is 0 Å². The van der Waals surface area contributed by atoms with Crippen molar-refractivity contribution in [2.45, 2.75) is 26.0 Å². The molecule has 1 N–H and O–H groups in total. The van der Waals surface area contributed by atoms with Crippen LogP contribution in [0.4, 0.5) is 5.82 Å². The first-order valence-electron chi connectivity index (χ1n) is 6.14. The summed E-state index contributed by atoms with van der Waals surface area (Å²) in [6.07, 6.45) is 1.38. The Balaban J connectivity index is 2.21. The van der Waals surface area contributed by atoms with Crippen molar-refractivity contribution in [2.75, 3.05) is 24.7 Å². The number of morpholine rings is 1. The van der Waals surface area contributed by atoms with Crippen molar-refractivity contribution in [2.24, 2.45) is 0 Å². The monoisotopic (exact) mass is 267 g/mol. The molecule has 0 radical (unpaired) electrons. The van der Waals surface area contributed by atoms with Gasteiger partial charge in [0.15, 0.2) is 6.04 Å². The van der Waals surface area contributed by atoms with Gasteiger partial charge in [0.05, 0.1) is 19.3 Å². The van der Waals surface area contributed by atoms with Gasteiger partial charge in [0.25, 0.3) is 0 Å². The Morgan fingerprint density at radius 1 is 1.58 bits per heavy atom. The quantitative estimate of drug-likeness (QED) is 0.852. The largest absolute Gasteiger partial charge is 0.480 e. The van der Waals surface area contributed by atoms with Gasteiger partial charge in [-0.1, -0.05) is 0 Å². The summed E-state index contributed by atoms with van der Waals surface area (Å²) in [4.78, 5) is 21.0. The third-order valence-electron chi connectivity index (χ3n) is 2.69. The summed E-state index contributed by atoms with van der Waals surface area (Å²) < 4.78 is 10.7. The minimum Gasteiger partial charge on any atom is -0.480 e. The molecule has 0 bridgehead atoms. The predicted molar refractivity (Wildman–Crippen MR) is 67.4 cm³/mol. The summed E-state index contributed by atoms with van der Waals surface area (Å²) >= 11 is 0. The lowest BCUT2D eigenvalue weighted by atomic mass is 10.2. The Hall–Kier alpha value is -1.89. The highest BCUT2D eigenvalue weighted by molar-refractivity contribution is 5.78. The van der Waals surface area contributed by atoms with Crippen LogP contribution < -0.4 is 9.64 Å². The van der Waals surface area contributed by atoms with Gasteiger partial charge in [-0.05, 0) is 13.8 Å². The lowest BCUT2D eigenvalue weighted by molar-refractivity contribution is -0.141. The first-order chi connectivity index (χ1) is 9.08. The predicted octanol–water partition coefficient (Wildman–Crippen LogP) is 0.554. The second-order valence-electron chi connectivity index (χ2n) is 4.50. The number of carbonyl (C=O) groups is 1. The van der Waals surface area contributed by atoms with Crippen molar-refractivity contribution < 1.29 is 19.4 Å². The number of aliphatic carboxylic acids is 1. The van der Waals surface area contributed by atoms with E-state index in [2.05, 4.69) is 9.97 Å². The van der Waals surface area contributed by atoms with Gasteiger partial charge in [-0.2, -0.15) is 0 Å². The van der Waals surface area contributed by atoms with Crippen molar-refractivity contribution in [1.29, 1.82) is 0 Å². The van der Waals surface area contributed by atoms with E-state index in [0.717, 1.165) is 0 Å². The highest BCUT2D eigenvalue weighted by Crippen LogP contribution is 2.21. The zero-order valence-corrected chi connectivity index (χ0v) is 10.9. The van der Waals surface area contributed by atoms with E-state index >= 15 is 0 Å². The van der Waals surface area contributed by atoms with E-state index in [4.69, 9.17) is 9.47 Å². The Morgan fingerprint density at radius 3 is 3.05 bits per heavy atom. The molecule has 1 aliphatic rings. The van der Waals surface area contributed by atoms with Crippen molar-refractivity contribution in [3.05, 3.63) is 12.4 Å². The maximum absolute atomic E-state index is 11.2. The summed E-state index contributed by atoms with van der Waals surface area (Å²) in [5, 5.41) is 9.19. The van der Waals surface area contributed by atoms with Gasteiger partial charge in [-0.3, -0.25) is 0 Å². The number of carboxylic acid groups (broad SMARTS) is 1. The number of hydrogen-bond donors (Lipinski definition) is 1. The molecule has 1 aromatic heterocycles. The molecule has 0 aliphatic carbocycles. The average molecular weight is 267 g/mol. The molecule has 0 saturated carbocycles. The molecule has 1 saturated heterocycles. The molecule has 1 aromatic rings. The summed E-state index contributed by atoms with van der Waals surface area (Å²) in [5.74, 6) is 0.0571. The van der Waals surface area contributed by atoms with Crippen LogP contribution in [0.25, 0.3) is 0 Å². The number of aromatic nitrogens is 2. The Labute approximate surface area is 111 Å². The first kappa shape index (κ1) is 13.5. The fraction of sp³-hybridized carbons (Fsp3) is 0.583. The molecule has 2 heterocycles. The van der Waals surface area contributed by atoms with Crippen LogP contribution >= 0.6 is 0 Å². The maximum atomic E-state index is 11.2. The first-order valence-corrected chi connectivity index (χ1v) is 6.14. The molecular formula is C12H17N3O4. The molecule has 19 heavy (non-hydrogen) atoms. The molecule has 0 amide bonds. The molecule has 1 atom stereocenters. The number of ether oxygens (including phenoxy) is 2. The number of nitrogens with zero attached hydrogens (tertiary/aromatic N) is 3. The van der Waals surface area contributed by atoms with E-state index in [1.807, 2.05) is 13.8 Å². The van der Waals surface area contributed by atoms with E-state index in [1.165, 1.54) is 6.33 Å². The fourth-order valence-electron chi connectivity index (χ4n) is 1.88. The summed E-state index contributed by atoms with van der Waals surface area (Å²) in [5.41, 5.74) is 0. The zero-order chi connectivity index (χ0) is 13.8. The average Bonchev–Trinajstić information content (AvgIpc) is 2.38. The molecule has 7 heteroatoms. The minimum atomic E-state index is -0.926. The molecule has 2 rings (SSSR count). The van der Waals surface area contributed by atoms with Gasteiger partial charge >= 0.3 is 5.97 Å². The van der Waals surface area contributed by atoms with Gasteiger partial charge in [-0.25, -0.2) is 14.8 Å². The third kappa shape index (κ3) is 3.31. The normalized spacial score (nSPS) is 19.5. The SMILES string of the molecule is CC(C)Oc1cc(N2CCOCC2C(=O)O)ncn1. The maximum Gasteiger partial charge on any atom is 0.328 e. The van der Waals surface area contributed by atoms with Gasteiger partial charge in [0.2, 0.25) is 5.88 Å². The zero-order valence-electron chi connectivity index (χ0n) is 10.9. The van der Waals surface area contributed by atoms with Crippen molar-refractivity contribution >= 4 is 11.8 Å². The van der Waals surface area contributed by atoms with Crippen LogP contribution in [0, 0.1) is 0 Å². The van der Waals surface area contributed by atoms with Gasteiger partial charge < -0.3 is 19.5 Å². The number of carboxylic acids is 1. The standard InChI is InChI=1S/C12H17N3O4/c1-8(2)19-11-5-10(13-7-14-11)15-3-4-18-6-9(15)12(16)17/h5,7-9H,3-4,6H2,1-2H3,(H,16,17). The van der Waals surface area contributed by atoms with Gasteiger partial charge in [0, 0.05) is 12.6 Å². The third-order valence-corrected chi connectivity index (χ3v) is 2.69. The van der Waals surface area contributed by atoms with Gasteiger partial charge in [0.1, 0.15) is 12.1 Å². The Kier molecular flexibility index (Phi) is 4.16. The molecule has 1 unspecified atom stereocenters. The highest BCUT2D eigenvalue weighted by Gasteiger charge is 2.30.